The van der Waals surface area contributed by atoms with Crippen molar-refractivity contribution in [1.29, 1.82) is 0 Å². The van der Waals surface area contributed by atoms with E-state index in [1.807, 2.05) is 0 Å². The second-order valence-corrected chi connectivity index (χ2v) is 8.59. The van der Waals surface area contributed by atoms with Crippen molar-refractivity contribution in [3.63, 3.8) is 0 Å². The van der Waals surface area contributed by atoms with Gasteiger partial charge in [0.15, 0.2) is 0 Å². The summed E-state index contributed by atoms with van der Waals surface area (Å²) >= 11 is 7.36. The van der Waals surface area contributed by atoms with Gasteiger partial charge < -0.3 is 4.57 Å². The normalized spacial score (nSPS) is 22.8. The minimum Gasteiger partial charge on any atom is -0.331 e. The molecule has 0 amide bonds. The average Bonchev–Trinajstić information content (AvgIpc) is 2.84. The summed E-state index contributed by atoms with van der Waals surface area (Å²) in [6.07, 6.45) is 5.68. The molecule has 2 aliphatic rings. The van der Waals surface area contributed by atoms with Crippen LogP contribution in [0.1, 0.15) is 31.5 Å². The smallest absolute Gasteiger partial charge is 0.0617 e. The molecule has 0 saturated carbocycles. The van der Waals surface area contributed by atoms with Crippen molar-refractivity contribution >= 4 is 48.3 Å². The summed E-state index contributed by atoms with van der Waals surface area (Å²) in [5, 5.41) is 1.35. The van der Waals surface area contributed by atoms with Gasteiger partial charge in [-0.1, -0.05) is 44.0 Å². The Bertz CT molecular complexity index is 837. The molecule has 0 N–H and O–H groups in total. The van der Waals surface area contributed by atoms with Crippen molar-refractivity contribution in [1.82, 2.24) is 4.57 Å². The van der Waals surface area contributed by atoms with E-state index in [4.69, 9.17) is 0 Å². The van der Waals surface area contributed by atoms with E-state index < -0.39 is 0 Å². The topological polar surface area (TPSA) is 4.93 Å². The molecule has 21 heavy (non-hydrogen) atoms. The number of hydrogen-bond acceptors (Lipinski definition) is 0. The Morgan fingerprint density at radius 1 is 1.29 bits per heavy atom. The molecule has 2 heterocycles. The highest BCUT2D eigenvalue weighted by Gasteiger charge is 2.40. The van der Waals surface area contributed by atoms with Gasteiger partial charge in [-0.25, -0.2) is 0 Å². The number of fused-ring (bicyclic) bond motifs is 4. The van der Waals surface area contributed by atoms with E-state index in [1.54, 1.807) is 5.57 Å². The lowest BCUT2D eigenvalue weighted by Gasteiger charge is -2.29. The summed E-state index contributed by atoms with van der Waals surface area (Å²) in [5.41, 5.74) is 7.16. The van der Waals surface area contributed by atoms with Crippen molar-refractivity contribution in [2.24, 2.45) is 0 Å². The number of benzene rings is 1. The second kappa shape index (κ2) is 4.36. The largest absolute Gasteiger partial charge is 0.331 e. The molecule has 2 aromatic rings. The fraction of sp³-hybridized carbons (Fsp3) is 0.333. The third kappa shape index (κ3) is 1.74. The maximum atomic E-state index is 3.75. The molecule has 1 aromatic heterocycles. The Labute approximate surface area is 142 Å². The fourth-order valence-electron chi connectivity index (χ4n) is 3.93. The first kappa shape index (κ1) is 13.8. The van der Waals surface area contributed by atoms with E-state index in [-0.39, 0.29) is 5.54 Å². The first-order chi connectivity index (χ1) is 9.91. The molecular formula is C18H17Br2N. The number of aryl methyl sites for hydroxylation is 1. The van der Waals surface area contributed by atoms with Crippen LogP contribution in [0, 0.1) is 6.92 Å². The first-order valence-corrected chi connectivity index (χ1v) is 8.99. The SMILES string of the molecule is Cc1c2n(c3ccc(Br)cc13)C(C)(C)C1=C2C=CC(Br)C1. The Balaban J connectivity index is 2.10. The molecule has 1 nitrogen and oxygen atoms in total. The fourth-order valence-corrected chi connectivity index (χ4v) is 4.77. The van der Waals surface area contributed by atoms with Crippen LogP contribution in [-0.4, -0.2) is 9.39 Å². The first-order valence-electron chi connectivity index (χ1n) is 7.28. The van der Waals surface area contributed by atoms with Crippen molar-refractivity contribution < 1.29 is 0 Å². The zero-order valence-electron chi connectivity index (χ0n) is 12.4. The quantitative estimate of drug-likeness (QED) is 0.477. The zero-order chi connectivity index (χ0) is 14.9. The van der Waals surface area contributed by atoms with Crippen LogP contribution < -0.4 is 0 Å². The lowest BCUT2D eigenvalue weighted by molar-refractivity contribution is 0.442. The predicted molar refractivity (Wildman–Crippen MR) is 97.1 cm³/mol. The molecule has 1 aromatic carbocycles. The van der Waals surface area contributed by atoms with Gasteiger partial charge in [0.2, 0.25) is 0 Å². The molecule has 1 aliphatic heterocycles. The molecule has 1 unspecified atom stereocenters. The maximum Gasteiger partial charge on any atom is 0.0617 e. The summed E-state index contributed by atoms with van der Waals surface area (Å²) in [5.74, 6) is 0. The summed E-state index contributed by atoms with van der Waals surface area (Å²) < 4.78 is 3.68. The van der Waals surface area contributed by atoms with Crippen molar-refractivity contribution in [3.8, 4) is 0 Å². The second-order valence-electron chi connectivity index (χ2n) is 6.50. The van der Waals surface area contributed by atoms with Crippen LogP contribution in [0.15, 0.2) is 40.4 Å². The van der Waals surface area contributed by atoms with Crippen LogP contribution in [0.5, 0.6) is 0 Å². The highest BCUT2D eigenvalue weighted by molar-refractivity contribution is 9.10. The number of halogens is 2. The summed E-state index contributed by atoms with van der Waals surface area (Å²) in [7, 11) is 0. The number of nitrogens with zero attached hydrogens (tertiary/aromatic N) is 1. The summed E-state index contributed by atoms with van der Waals surface area (Å²) in [4.78, 5) is 0.459. The predicted octanol–water partition coefficient (Wildman–Crippen LogP) is 5.94. The van der Waals surface area contributed by atoms with Crippen LogP contribution in [0.25, 0.3) is 16.5 Å². The summed E-state index contributed by atoms with van der Waals surface area (Å²) in [6, 6.07) is 6.63. The van der Waals surface area contributed by atoms with Crippen LogP contribution in [0.4, 0.5) is 0 Å². The molecule has 0 saturated heterocycles. The van der Waals surface area contributed by atoms with Crippen molar-refractivity contribution in [3.05, 3.63) is 51.7 Å². The number of hydrogen-bond donors (Lipinski definition) is 0. The molecule has 0 spiro atoms. The highest BCUT2D eigenvalue weighted by Crippen LogP contribution is 2.50. The highest BCUT2D eigenvalue weighted by atomic mass is 79.9. The maximum absolute atomic E-state index is 3.75. The van der Waals surface area contributed by atoms with E-state index >= 15 is 0 Å². The molecule has 108 valence electrons. The number of alkyl halides is 1. The van der Waals surface area contributed by atoms with Crippen LogP contribution in [0.3, 0.4) is 0 Å². The van der Waals surface area contributed by atoms with Gasteiger partial charge in [0, 0.05) is 20.2 Å². The van der Waals surface area contributed by atoms with Gasteiger partial charge in [0.1, 0.15) is 0 Å². The lowest BCUT2D eigenvalue weighted by atomic mass is 9.85. The molecule has 4 rings (SSSR count). The molecule has 0 fully saturated rings. The average molecular weight is 407 g/mol. The minimum absolute atomic E-state index is 0.0434. The van der Waals surface area contributed by atoms with Crippen LogP contribution >= 0.6 is 31.9 Å². The monoisotopic (exact) mass is 405 g/mol. The molecular weight excluding hydrogens is 390 g/mol. The Kier molecular flexibility index (Phi) is 2.87. The van der Waals surface area contributed by atoms with Crippen LogP contribution in [-0.2, 0) is 5.54 Å². The molecule has 0 bridgehead atoms. The number of allylic oxidation sites excluding steroid dienone is 4. The third-order valence-electron chi connectivity index (χ3n) is 4.93. The number of rotatable bonds is 0. The molecule has 3 heteroatoms. The van der Waals surface area contributed by atoms with Gasteiger partial charge in [-0.2, -0.15) is 0 Å². The van der Waals surface area contributed by atoms with Gasteiger partial charge >= 0.3 is 0 Å². The standard InChI is InChI=1S/C18H17Br2N/c1-10-14-8-11(19)5-7-16(14)21-17(10)13-6-4-12(20)9-15(13)18(21,2)3/h4-8,12H,9H2,1-3H3. The van der Waals surface area contributed by atoms with E-state index in [1.165, 1.54) is 27.7 Å². The van der Waals surface area contributed by atoms with Crippen molar-refractivity contribution in [2.45, 2.75) is 37.6 Å². The van der Waals surface area contributed by atoms with E-state index in [9.17, 15) is 0 Å². The minimum atomic E-state index is 0.0434. The number of aromatic nitrogens is 1. The van der Waals surface area contributed by atoms with Gasteiger partial charge in [-0.15, -0.1) is 0 Å². The summed E-state index contributed by atoms with van der Waals surface area (Å²) in [6.45, 7) is 6.94. The Hall–Kier alpha value is -0.800. The Morgan fingerprint density at radius 3 is 2.81 bits per heavy atom. The lowest BCUT2D eigenvalue weighted by Crippen LogP contribution is -2.26. The van der Waals surface area contributed by atoms with Gasteiger partial charge in [0.25, 0.3) is 0 Å². The van der Waals surface area contributed by atoms with Gasteiger partial charge in [-0.05, 0) is 62.1 Å². The van der Waals surface area contributed by atoms with E-state index in [0.29, 0.717) is 4.83 Å². The van der Waals surface area contributed by atoms with Crippen molar-refractivity contribution in [2.75, 3.05) is 0 Å². The third-order valence-corrected chi connectivity index (χ3v) is 6.05. The molecule has 1 aliphatic carbocycles. The Morgan fingerprint density at radius 2 is 2.05 bits per heavy atom. The zero-order valence-corrected chi connectivity index (χ0v) is 15.5. The van der Waals surface area contributed by atoms with Crippen LogP contribution in [0.2, 0.25) is 0 Å². The molecule has 0 radical (unpaired) electrons. The van der Waals surface area contributed by atoms with Gasteiger partial charge in [-0.3, -0.25) is 0 Å². The van der Waals surface area contributed by atoms with E-state index in [2.05, 4.69) is 87.5 Å². The van der Waals surface area contributed by atoms with Gasteiger partial charge in [0.05, 0.1) is 11.2 Å². The molecule has 1 atom stereocenters. The van der Waals surface area contributed by atoms with E-state index in [0.717, 1.165) is 10.9 Å².